The lowest BCUT2D eigenvalue weighted by molar-refractivity contribution is 0.302. The third-order valence-corrected chi connectivity index (χ3v) is 2.50. The largest absolute Gasteiger partial charge is 0.487 e. The van der Waals surface area contributed by atoms with Crippen LogP contribution in [0.5, 0.6) is 5.75 Å². The summed E-state index contributed by atoms with van der Waals surface area (Å²) in [7, 11) is 0. The molecule has 0 aliphatic rings. The number of benzene rings is 1. The minimum absolute atomic E-state index is 0.529. The van der Waals surface area contributed by atoms with Crippen molar-refractivity contribution in [2.75, 3.05) is 0 Å². The summed E-state index contributed by atoms with van der Waals surface area (Å²) in [4.78, 5) is 6.94. The number of H-pyrrole nitrogens is 1. The predicted molar refractivity (Wildman–Crippen MR) is 63.5 cm³/mol. The number of rotatable bonds is 4. The molecule has 1 aromatic heterocycles. The smallest absolute Gasteiger partial charge is 0.130 e. The molecule has 0 unspecified atom stereocenters. The van der Waals surface area contributed by atoms with Crippen molar-refractivity contribution >= 4 is 0 Å². The van der Waals surface area contributed by atoms with Crippen molar-refractivity contribution in [2.45, 2.75) is 26.4 Å². The second-order valence-corrected chi connectivity index (χ2v) is 4.09. The van der Waals surface area contributed by atoms with Gasteiger partial charge < -0.3 is 9.72 Å². The highest BCUT2D eigenvalue weighted by atomic mass is 16.5. The van der Waals surface area contributed by atoms with E-state index in [9.17, 15) is 0 Å². The molecule has 0 saturated carbocycles. The Morgan fingerprint density at radius 2 is 2.00 bits per heavy atom. The number of hydrogen-bond donors (Lipinski definition) is 1. The quantitative estimate of drug-likeness (QED) is 0.852. The van der Waals surface area contributed by atoms with Gasteiger partial charge in [-0.2, -0.15) is 0 Å². The Hall–Kier alpha value is -1.77. The zero-order chi connectivity index (χ0) is 11.4. The number of ether oxygens (including phenoxy) is 1. The van der Waals surface area contributed by atoms with Gasteiger partial charge in [0.05, 0.1) is 18.2 Å². The van der Waals surface area contributed by atoms with Crippen LogP contribution in [-0.2, 0) is 6.61 Å². The summed E-state index contributed by atoms with van der Waals surface area (Å²) in [5, 5.41) is 0. The summed E-state index contributed by atoms with van der Waals surface area (Å²) in [6, 6.07) is 8.22. The van der Waals surface area contributed by atoms with Gasteiger partial charge >= 0.3 is 0 Å². The fourth-order valence-electron chi connectivity index (χ4n) is 1.47. The normalized spacial score (nSPS) is 10.7. The zero-order valence-electron chi connectivity index (χ0n) is 9.60. The highest BCUT2D eigenvalue weighted by molar-refractivity contribution is 5.28. The molecular formula is C13H16N2O. The van der Waals surface area contributed by atoms with Gasteiger partial charge in [-0.05, 0) is 23.6 Å². The molecule has 3 nitrogen and oxygen atoms in total. The first-order valence-corrected chi connectivity index (χ1v) is 5.45. The van der Waals surface area contributed by atoms with Gasteiger partial charge in [0.15, 0.2) is 0 Å². The molecule has 16 heavy (non-hydrogen) atoms. The molecular weight excluding hydrogens is 200 g/mol. The molecule has 0 radical (unpaired) electrons. The van der Waals surface area contributed by atoms with E-state index in [1.807, 2.05) is 12.1 Å². The van der Waals surface area contributed by atoms with Crippen molar-refractivity contribution in [2.24, 2.45) is 0 Å². The Labute approximate surface area is 95.5 Å². The zero-order valence-corrected chi connectivity index (χ0v) is 9.60. The molecule has 3 heteroatoms. The van der Waals surface area contributed by atoms with E-state index in [4.69, 9.17) is 4.74 Å². The van der Waals surface area contributed by atoms with Gasteiger partial charge in [-0.15, -0.1) is 0 Å². The molecule has 0 bridgehead atoms. The first-order chi connectivity index (χ1) is 7.75. The molecule has 0 aliphatic carbocycles. The number of aromatic nitrogens is 2. The number of nitrogens with zero attached hydrogens (tertiary/aromatic N) is 1. The van der Waals surface area contributed by atoms with Crippen LogP contribution in [0.2, 0.25) is 0 Å². The van der Waals surface area contributed by atoms with Crippen molar-refractivity contribution in [1.82, 2.24) is 9.97 Å². The van der Waals surface area contributed by atoms with Gasteiger partial charge in [-0.3, -0.25) is 0 Å². The Kier molecular flexibility index (Phi) is 3.25. The SMILES string of the molecule is CC(C)c1ccc(OCc2cnc[nH]2)cc1. The van der Waals surface area contributed by atoms with E-state index in [0.29, 0.717) is 12.5 Å². The second-order valence-electron chi connectivity index (χ2n) is 4.09. The molecule has 0 spiro atoms. The number of hydrogen-bond acceptors (Lipinski definition) is 2. The fourth-order valence-corrected chi connectivity index (χ4v) is 1.47. The average Bonchev–Trinajstić information content (AvgIpc) is 2.80. The Bertz CT molecular complexity index is 418. The van der Waals surface area contributed by atoms with Crippen molar-refractivity contribution in [3.05, 3.63) is 48.0 Å². The standard InChI is InChI=1S/C13H16N2O/c1-10(2)11-3-5-13(6-4-11)16-8-12-7-14-9-15-12/h3-7,9-10H,8H2,1-2H3,(H,14,15). The number of nitrogens with one attached hydrogen (secondary N) is 1. The van der Waals surface area contributed by atoms with Crippen molar-refractivity contribution in [3.63, 3.8) is 0 Å². The van der Waals surface area contributed by atoms with E-state index in [1.165, 1.54) is 5.56 Å². The van der Waals surface area contributed by atoms with E-state index < -0.39 is 0 Å². The summed E-state index contributed by atoms with van der Waals surface area (Å²) < 4.78 is 5.61. The summed E-state index contributed by atoms with van der Waals surface area (Å²) in [5.74, 6) is 1.45. The van der Waals surface area contributed by atoms with Gasteiger partial charge in [-0.25, -0.2) is 4.98 Å². The molecule has 1 N–H and O–H groups in total. The van der Waals surface area contributed by atoms with Crippen LogP contribution in [0.15, 0.2) is 36.8 Å². The van der Waals surface area contributed by atoms with E-state index >= 15 is 0 Å². The third-order valence-electron chi connectivity index (χ3n) is 2.50. The predicted octanol–water partition coefficient (Wildman–Crippen LogP) is 3.11. The highest BCUT2D eigenvalue weighted by Gasteiger charge is 2.00. The molecule has 1 heterocycles. The summed E-state index contributed by atoms with van der Waals surface area (Å²) in [6.45, 7) is 4.89. The van der Waals surface area contributed by atoms with E-state index in [-0.39, 0.29) is 0 Å². The van der Waals surface area contributed by atoms with Gasteiger partial charge in [0.25, 0.3) is 0 Å². The maximum atomic E-state index is 5.61. The maximum Gasteiger partial charge on any atom is 0.130 e. The van der Waals surface area contributed by atoms with Crippen LogP contribution in [0, 0.1) is 0 Å². The molecule has 84 valence electrons. The monoisotopic (exact) mass is 216 g/mol. The summed E-state index contributed by atoms with van der Waals surface area (Å²) >= 11 is 0. The van der Waals surface area contributed by atoms with Crippen molar-refractivity contribution in [1.29, 1.82) is 0 Å². The second kappa shape index (κ2) is 4.84. The molecule has 0 fully saturated rings. The minimum Gasteiger partial charge on any atom is -0.487 e. The summed E-state index contributed by atoms with van der Waals surface area (Å²) in [6.07, 6.45) is 3.42. The molecule has 0 saturated heterocycles. The van der Waals surface area contributed by atoms with Gasteiger partial charge in [0.2, 0.25) is 0 Å². The van der Waals surface area contributed by atoms with Gasteiger partial charge in [-0.1, -0.05) is 26.0 Å². The Morgan fingerprint density at radius 1 is 1.25 bits per heavy atom. The number of aromatic amines is 1. The Balaban J connectivity index is 1.95. The average molecular weight is 216 g/mol. The lowest BCUT2D eigenvalue weighted by Crippen LogP contribution is -1.95. The molecule has 2 rings (SSSR count). The first-order valence-electron chi connectivity index (χ1n) is 5.45. The van der Waals surface area contributed by atoms with E-state index in [2.05, 4.69) is 35.9 Å². The fraction of sp³-hybridized carbons (Fsp3) is 0.308. The molecule has 1 aromatic carbocycles. The Morgan fingerprint density at radius 3 is 2.56 bits per heavy atom. The lowest BCUT2D eigenvalue weighted by atomic mass is 10.0. The molecule has 0 atom stereocenters. The molecule has 2 aromatic rings. The van der Waals surface area contributed by atoms with Crippen LogP contribution in [0.3, 0.4) is 0 Å². The topological polar surface area (TPSA) is 37.9 Å². The van der Waals surface area contributed by atoms with Crippen molar-refractivity contribution in [3.8, 4) is 5.75 Å². The number of imidazole rings is 1. The molecule has 0 aliphatic heterocycles. The highest BCUT2D eigenvalue weighted by Crippen LogP contribution is 2.19. The first kappa shape index (κ1) is 10.7. The van der Waals surface area contributed by atoms with Crippen LogP contribution < -0.4 is 4.74 Å². The van der Waals surface area contributed by atoms with Crippen LogP contribution in [0.4, 0.5) is 0 Å². The maximum absolute atomic E-state index is 5.61. The van der Waals surface area contributed by atoms with Crippen LogP contribution in [-0.4, -0.2) is 9.97 Å². The van der Waals surface area contributed by atoms with E-state index in [0.717, 1.165) is 11.4 Å². The van der Waals surface area contributed by atoms with Gasteiger partial charge in [0.1, 0.15) is 12.4 Å². The minimum atomic E-state index is 0.529. The van der Waals surface area contributed by atoms with Crippen LogP contribution in [0.25, 0.3) is 0 Å². The summed E-state index contributed by atoms with van der Waals surface area (Å²) in [5.41, 5.74) is 2.31. The van der Waals surface area contributed by atoms with E-state index in [1.54, 1.807) is 12.5 Å². The lowest BCUT2D eigenvalue weighted by Gasteiger charge is -2.07. The third kappa shape index (κ3) is 2.63. The molecule has 0 amide bonds. The van der Waals surface area contributed by atoms with Gasteiger partial charge in [0, 0.05) is 0 Å². The van der Waals surface area contributed by atoms with Crippen molar-refractivity contribution < 1.29 is 4.74 Å². The van der Waals surface area contributed by atoms with Crippen LogP contribution in [0.1, 0.15) is 31.0 Å². The van der Waals surface area contributed by atoms with Crippen LogP contribution >= 0.6 is 0 Å².